The zero-order valence-electron chi connectivity index (χ0n) is 14.0. The lowest BCUT2D eigenvalue weighted by Gasteiger charge is -2.17. The second-order valence-corrected chi connectivity index (χ2v) is 8.38. The molecule has 132 valence electrons. The van der Waals surface area contributed by atoms with E-state index in [2.05, 4.69) is 10.6 Å². The summed E-state index contributed by atoms with van der Waals surface area (Å²) in [5.41, 5.74) is 2.64. The predicted molar refractivity (Wildman–Crippen MR) is 105 cm³/mol. The fourth-order valence-electron chi connectivity index (χ4n) is 2.81. The van der Waals surface area contributed by atoms with E-state index >= 15 is 0 Å². The Labute approximate surface area is 154 Å². The van der Waals surface area contributed by atoms with Gasteiger partial charge in [0, 0.05) is 24.5 Å². The van der Waals surface area contributed by atoms with Gasteiger partial charge in [-0.05, 0) is 61.8 Å². The number of thiocarbonyl (C=S) groups is 1. The normalized spacial score (nSPS) is 15.1. The number of nitrogens with one attached hydrogen (secondary N) is 2. The van der Waals surface area contributed by atoms with Gasteiger partial charge < -0.3 is 10.6 Å². The molecule has 0 unspecified atom stereocenters. The molecule has 0 aliphatic carbocycles. The Hall–Kier alpha value is -1.96. The summed E-state index contributed by atoms with van der Waals surface area (Å²) in [7, 11) is -3.43. The van der Waals surface area contributed by atoms with Crippen LogP contribution in [0.2, 0.25) is 0 Å². The van der Waals surface area contributed by atoms with E-state index < -0.39 is 10.0 Å². The molecule has 2 aromatic carbocycles. The van der Waals surface area contributed by atoms with Crippen LogP contribution in [0.5, 0.6) is 0 Å². The third kappa shape index (κ3) is 4.18. The van der Waals surface area contributed by atoms with Crippen molar-refractivity contribution in [3.63, 3.8) is 0 Å². The highest BCUT2D eigenvalue weighted by molar-refractivity contribution is 7.89. The first kappa shape index (κ1) is 17.8. The van der Waals surface area contributed by atoms with Gasteiger partial charge in [0.1, 0.15) is 0 Å². The van der Waals surface area contributed by atoms with E-state index in [9.17, 15) is 8.42 Å². The van der Waals surface area contributed by atoms with Crippen LogP contribution in [0.1, 0.15) is 18.4 Å². The molecule has 1 heterocycles. The first-order valence-corrected chi connectivity index (χ1v) is 10.1. The van der Waals surface area contributed by atoms with E-state index in [0.717, 1.165) is 24.1 Å². The topological polar surface area (TPSA) is 61.4 Å². The summed E-state index contributed by atoms with van der Waals surface area (Å²) < 4.78 is 26.9. The molecule has 2 aromatic rings. The highest BCUT2D eigenvalue weighted by Crippen LogP contribution is 2.23. The Kier molecular flexibility index (Phi) is 5.36. The van der Waals surface area contributed by atoms with E-state index in [1.165, 1.54) is 4.31 Å². The van der Waals surface area contributed by atoms with Crippen LogP contribution in [-0.4, -0.2) is 30.9 Å². The zero-order chi connectivity index (χ0) is 17.9. The molecule has 2 N–H and O–H groups in total. The SMILES string of the molecule is Cc1ccccc1NC(=S)Nc1cccc(S(=O)(=O)N2CCCC2)c1. The van der Waals surface area contributed by atoms with Crippen molar-refractivity contribution in [1.82, 2.24) is 4.31 Å². The number of hydrogen-bond donors (Lipinski definition) is 2. The highest BCUT2D eigenvalue weighted by atomic mass is 32.2. The standard InChI is InChI=1S/C18H21N3O2S2/c1-14-7-2-3-10-17(14)20-18(24)19-15-8-6-9-16(13-15)25(22,23)21-11-4-5-12-21/h2-3,6-10,13H,4-5,11-12H2,1H3,(H2,19,20,24). The predicted octanol–water partition coefficient (Wildman–Crippen LogP) is 3.59. The van der Waals surface area contributed by atoms with Crippen molar-refractivity contribution >= 4 is 38.7 Å². The lowest BCUT2D eigenvalue weighted by Crippen LogP contribution is -2.28. The van der Waals surface area contributed by atoms with Crippen LogP contribution >= 0.6 is 12.2 Å². The van der Waals surface area contributed by atoms with Crippen molar-refractivity contribution in [3.05, 3.63) is 54.1 Å². The molecule has 7 heteroatoms. The molecule has 0 bridgehead atoms. The Morgan fingerprint density at radius 2 is 1.76 bits per heavy atom. The lowest BCUT2D eigenvalue weighted by atomic mass is 10.2. The van der Waals surface area contributed by atoms with Crippen LogP contribution in [0, 0.1) is 6.92 Å². The van der Waals surface area contributed by atoms with E-state index in [0.29, 0.717) is 23.9 Å². The van der Waals surface area contributed by atoms with Gasteiger partial charge in [-0.25, -0.2) is 8.42 Å². The van der Waals surface area contributed by atoms with Crippen LogP contribution in [-0.2, 0) is 10.0 Å². The van der Waals surface area contributed by atoms with Gasteiger partial charge in [0.15, 0.2) is 5.11 Å². The number of rotatable bonds is 4. The fourth-order valence-corrected chi connectivity index (χ4v) is 4.60. The Balaban J connectivity index is 1.73. The lowest BCUT2D eigenvalue weighted by molar-refractivity contribution is 0.477. The summed E-state index contributed by atoms with van der Waals surface area (Å²) in [4.78, 5) is 0.290. The smallest absolute Gasteiger partial charge is 0.243 e. The number of sulfonamides is 1. The number of benzene rings is 2. The number of nitrogens with zero attached hydrogens (tertiary/aromatic N) is 1. The van der Waals surface area contributed by atoms with E-state index in [4.69, 9.17) is 12.2 Å². The van der Waals surface area contributed by atoms with Crippen LogP contribution < -0.4 is 10.6 Å². The third-order valence-corrected chi connectivity index (χ3v) is 6.29. The number of aryl methyl sites for hydroxylation is 1. The number of anilines is 2. The first-order valence-electron chi connectivity index (χ1n) is 8.21. The van der Waals surface area contributed by atoms with Crippen LogP contribution in [0.25, 0.3) is 0 Å². The third-order valence-electron chi connectivity index (χ3n) is 4.19. The Morgan fingerprint density at radius 1 is 1.04 bits per heavy atom. The Bertz CT molecular complexity index is 875. The second kappa shape index (κ2) is 7.51. The van der Waals surface area contributed by atoms with Gasteiger partial charge >= 0.3 is 0 Å². The molecule has 3 rings (SSSR count). The molecule has 0 saturated carbocycles. The van der Waals surface area contributed by atoms with Gasteiger partial charge in [-0.3, -0.25) is 0 Å². The van der Waals surface area contributed by atoms with Gasteiger partial charge in [0.2, 0.25) is 10.0 Å². The van der Waals surface area contributed by atoms with Gasteiger partial charge in [0.05, 0.1) is 4.90 Å². The molecule has 1 aliphatic rings. The minimum absolute atomic E-state index is 0.290. The molecule has 1 saturated heterocycles. The maximum Gasteiger partial charge on any atom is 0.243 e. The molecular formula is C18H21N3O2S2. The average molecular weight is 376 g/mol. The monoisotopic (exact) mass is 375 g/mol. The highest BCUT2D eigenvalue weighted by Gasteiger charge is 2.27. The van der Waals surface area contributed by atoms with Crippen LogP contribution in [0.15, 0.2) is 53.4 Å². The average Bonchev–Trinajstić information content (AvgIpc) is 3.12. The molecule has 0 aromatic heterocycles. The molecule has 0 atom stereocenters. The van der Waals surface area contributed by atoms with Crippen molar-refractivity contribution in [2.45, 2.75) is 24.7 Å². The van der Waals surface area contributed by atoms with Gasteiger partial charge in [-0.2, -0.15) is 4.31 Å². The summed E-state index contributed by atoms with van der Waals surface area (Å²) in [5.74, 6) is 0. The number of hydrogen-bond acceptors (Lipinski definition) is 3. The summed E-state index contributed by atoms with van der Waals surface area (Å²) in [5, 5.41) is 6.61. The molecule has 1 fully saturated rings. The van der Waals surface area contributed by atoms with Crippen molar-refractivity contribution < 1.29 is 8.42 Å². The first-order chi connectivity index (χ1) is 12.0. The van der Waals surface area contributed by atoms with Crippen LogP contribution in [0.4, 0.5) is 11.4 Å². The van der Waals surface area contributed by atoms with Crippen LogP contribution in [0.3, 0.4) is 0 Å². The molecule has 0 spiro atoms. The van der Waals surface area contributed by atoms with Crippen molar-refractivity contribution in [2.75, 3.05) is 23.7 Å². The largest absolute Gasteiger partial charge is 0.332 e. The molecule has 1 aliphatic heterocycles. The maximum atomic E-state index is 12.7. The molecule has 0 amide bonds. The molecule has 0 radical (unpaired) electrons. The second-order valence-electron chi connectivity index (χ2n) is 6.03. The molecular weight excluding hydrogens is 354 g/mol. The van der Waals surface area contributed by atoms with Crippen molar-refractivity contribution in [3.8, 4) is 0 Å². The van der Waals surface area contributed by atoms with Crippen molar-refractivity contribution in [2.24, 2.45) is 0 Å². The van der Waals surface area contributed by atoms with Crippen molar-refractivity contribution in [1.29, 1.82) is 0 Å². The summed E-state index contributed by atoms with van der Waals surface area (Å²) in [6.45, 7) is 3.18. The zero-order valence-corrected chi connectivity index (χ0v) is 15.7. The van der Waals surface area contributed by atoms with Gasteiger partial charge in [-0.15, -0.1) is 0 Å². The minimum Gasteiger partial charge on any atom is -0.332 e. The van der Waals surface area contributed by atoms with Gasteiger partial charge in [-0.1, -0.05) is 24.3 Å². The Morgan fingerprint density at radius 3 is 2.48 bits per heavy atom. The number of para-hydroxylation sites is 1. The summed E-state index contributed by atoms with van der Waals surface area (Å²) in [6.07, 6.45) is 1.84. The van der Waals surface area contributed by atoms with E-state index in [1.54, 1.807) is 24.3 Å². The maximum absolute atomic E-state index is 12.7. The summed E-state index contributed by atoms with van der Waals surface area (Å²) >= 11 is 5.34. The van der Waals surface area contributed by atoms with E-state index in [1.807, 2.05) is 31.2 Å². The molecule has 5 nitrogen and oxygen atoms in total. The molecule has 25 heavy (non-hydrogen) atoms. The van der Waals surface area contributed by atoms with Gasteiger partial charge in [0.25, 0.3) is 0 Å². The summed E-state index contributed by atoms with van der Waals surface area (Å²) in [6, 6.07) is 14.6. The fraction of sp³-hybridized carbons (Fsp3) is 0.278. The minimum atomic E-state index is -3.43. The van der Waals surface area contributed by atoms with E-state index in [-0.39, 0.29) is 4.90 Å². The quantitative estimate of drug-likeness (QED) is 0.800.